The highest BCUT2D eigenvalue weighted by Gasteiger charge is 2.19. The highest BCUT2D eigenvalue weighted by Crippen LogP contribution is 2.26. The van der Waals surface area contributed by atoms with Gasteiger partial charge in [-0.15, -0.1) is 0 Å². The summed E-state index contributed by atoms with van der Waals surface area (Å²) in [4.78, 5) is 5.46. The van der Waals surface area contributed by atoms with Crippen LogP contribution in [-0.4, -0.2) is 6.54 Å². The molecule has 0 aromatic heterocycles. The Labute approximate surface area is 95.0 Å². The molecular weight excluding hydrogens is 186 g/mol. The maximum Gasteiger partial charge on any atom is 0.120 e. The van der Waals surface area contributed by atoms with Crippen molar-refractivity contribution in [2.75, 3.05) is 6.54 Å². The Balaban J connectivity index is 3.97. The number of hydroxylamine groups is 1. The Kier molecular flexibility index (Phi) is 8.49. The zero-order valence-corrected chi connectivity index (χ0v) is 10.8. The summed E-state index contributed by atoms with van der Waals surface area (Å²) in [6.45, 7) is 13.7. The maximum absolute atomic E-state index is 5.46. The molecule has 0 spiro atoms. The molecule has 2 heteroatoms. The Morgan fingerprint density at radius 3 is 2.40 bits per heavy atom. The highest BCUT2D eigenvalue weighted by molar-refractivity contribution is 4.92. The zero-order chi connectivity index (χ0) is 11.7. The molecule has 0 saturated heterocycles. The topological polar surface area (TPSA) is 21.3 Å². The first kappa shape index (κ1) is 14.5. The van der Waals surface area contributed by atoms with Gasteiger partial charge >= 0.3 is 0 Å². The molecule has 0 aromatic rings. The van der Waals surface area contributed by atoms with E-state index in [-0.39, 0.29) is 0 Å². The second-order valence-electron chi connectivity index (χ2n) is 4.24. The maximum atomic E-state index is 5.46. The van der Waals surface area contributed by atoms with Crippen LogP contribution in [0.2, 0.25) is 0 Å². The van der Waals surface area contributed by atoms with Crippen molar-refractivity contribution < 1.29 is 4.84 Å². The average Bonchev–Trinajstić information content (AvgIpc) is 2.19. The molecule has 15 heavy (non-hydrogen) atoms. The van der Waals surface area contributed by atoms with E-state index in [1.807, 2.05) is 0 Å². The van der Waals surface area contributed by atoms with Gasteiger partial charge in [0.15, 0.2) is 0 Å². The third-order valence-corrected chi connectivity index (χ3v) is 2.84. The normalized spacial score (nSPS) is 14.7. The Hall–Kier alpha value is -0.500. The van der Waals surface area contributed by atoms with E-state index >= 15 is 0 Å². The van der Waals surface area contributed by atoms with Gasteiger partial charge in [0.05, 0.1) is 0 Å². The first-order valence-corrected chi connectivity index (χ1v) is 6.25. The van der Waals surface area contributed by atoms with Gasteiger partial charge in [-0.1, -0.05) is 47.1 Å². The summed E-state index contributed by atoms with van der Waals surface area (Å²) in [6.07, 6.45) is 4.66. The Morgan fingerprint density at radius 2 is 1.93 bits per heavy atom. The fourth-order valence-corrected chi connectivity index (χ4v) is 1.93. The van der Waals surface area contributed by atoms with Crippen LogP contribution in [0.3, 0.4) is 0 Å². The van der Waals surface area contributed by atoms with E-state index < -0.39 is 0 Å². The second-order valence-corrected chi connectivity index (χ2v) is 4.24. The van der Waals surface area contributed by atoms with E-state index in [1.54, 1.807) is 0 Å². The van der Waals surface area contributed by atoms with Crippen LogP contribution >= 0.6 is 0 Å². The summed E-state index contributed by atoms with van der Waals surface area (Å²) in [6, 6.07) is 0. The summed E-state index contributed by atoms with van der Waals surface area (Å²) in [5.74, 6) is 2.04. The molecule has 0 heterocycles. The van der Waals surface area contributed by atoms with Crippen molar-refractivity contribution in [2.45, 2.75) is 53.4 Å². The van der Waals surface area contributed by atoms with E-state index in [2.05, 4.69) is 39.8 Å². The molecule has 1 N–H and O–H groups in total. The van der Waals surface area contributed by atoms with Crippen LogP contribution < -0.4 is 5.48 Å². The molecule has 0 saturated carbocycles. The molecule has 90 valence electrons. The van der Waals surface area contributed by atoms with Gasteiger partial charge in [-0.2, -0.15) is 5.48 Å². The largest absolute Gasteiger partial charge is 0.414 e. The molecule has 0 radical (unpaired) electrons. The van der Waals surface area contributed by atoms with Crippen molar-refractivity contribution in [1.82, 2.24) is 5.48 Å². The van der Waals surface area contributed by atoms with Gasteiger partial charge in [-0.3, -0.25) is 0 Å². The van der Waals surface area contributed by atoms with Gasteiger partial charge in [0.1, 0.15) is 5.76 Å². The molecule has 0 rings (SSSR count). The van der Waals surface area contributed by atoms with Gasteiger partial charge in [0.2, 0.25) is 0 Å². The number of rotatable bonds is 9. The Bertz CT molecular complexity index is 168. The molecule has 0 aromatic carbocycles. The smallest absolute Gasteiger partial charge is 0.120 e. The summed E-state index contributed by atoms with van der Waals surface area (Å²) >= 11 is 0. The standard InChI is InChI=1S/C13H27NO/c1-6-9-11(4)13(8-3)12(5)15-14-10-7-2/h11,13-14H,5-10H2,1-4H3/t11-,13-/m0/s1. The van der Waals surface area contributed by atoms with Crippen LogP contribution in [-0.2, 0) is 4.84 Å². The van der Waals surface area contributed by atoms with E-state index in [9.17, 15) is 0 Å². The summed E-state index contributed by atoms with van der Waals surface area (Å²) in [5, 5.41) is 0. The van der Waals surface area contributed by atoms with Crippen LogP contribution in [0.4, 0.5) is 0 Å². The summed E-state index contributed by atoms with van der Waals surface area (Å²) in [5.41, 5.74) is 2.95. The van der Waals surface area contributed by atoms with Crippen LogP contribution in [0.5, 0.6) is 0 Å². The molecule has 0 aliphatic heterocycles. The third-order valence-electron chi connectivity index (χ3n) is 2.84. The molecule has 0 aliphatic rings. The van der Waals surface area contributed by atoms with Crippen LogP contribution in [0.15, 0.2) is 12.3 Å². The lowest BCUT2D eigenvalue weighted by molar-refractivity contribution is 0.0700. The average molecular weight is 213 g/mol. The van der Waals surface area contributed by atoms with Crippen molar-refractivity contribution in [3.8, 4) is 0 Å². The van der Waals surface area contributed by atoms with Crippen molar-refractivity contribution >= 4 is 0 Å². The van der Waals surface area contributed by atoms with Crippen LogP contribution in [0.1, 0.15) is 53.4 Å². The van der Waals surface area contributed by atoms with Crippen molar-refractivity contribution in [3.63, 3.8) is 0 Å². The molecule has 0 bridgehead atoms. The fourth-order valence-electron chi connectivity index (χ4n) is 1.93. The number of hydrogen-bond acceptors (Lipinski definition) is 2. The first-order chi connectivity index (χ1) is 7.17. The number of hydrogen-bond donors (Lipinski definition) is 1. The quantitative estimate of drug-likeness (QED) is 0.356. The summed E-state index contributed by atoms with van der Waals surface area (Å²) < 4.78 is 0. The van der Waals surface area contributed by atoms with E-state index in [4.69, 9.17) is 4.84 Å². The molecule has 0 unspecified atom stereocenters. The minimum atomic E-state index is 0.481. The number of allylic oxidation sites excluding steroid dienone is 1. The van der Waals surface area contributed by atoms with Gasteiger partial charge < -0.3 is 4.84 Å². The first-order valence-electron chi connectivity index (χ1n) is 6.25. The number of nitrogens with one attached hydrogen (secondary N) is 1. The van der Waals surface area contributed by atoms with Gasteiger partial charge in [0.25, 0.3) is 0 Å². The molecule has 2 nitrogen and oxygen atoms in total. The second kappa shape index (κ2) is 8.78. The predicted molar refractivity (Wildman–Crippen MR) is 66.4 cm³/mol. The van der Waals surface area contributed by atoms with Crippen molar-refractivity contribution in [2.24, 2.45) is 11.8 Å². The summed E-state index contributed by atoms with van der Waals surface area (Å²) in [7, 11) is 0. The minimum absolute atomic E-state index is 0.481. The van der Waals surface area contributed by atoms with Crippen LogP contribution in [0.25, 0.3) is 0 Å². The lowest BCUT2D eigenvalue weighted by Gasteiger charge is -2.24. The van der Waals surface area contributed by atoms with Crippen molar-refractivity contribution in [3.05, 3.63) is 12.3 Å². The third kappa shape index (κ3) is 5.83. The molecule has 2 atom stereocenters. The highest BCUT2D eigenvalue weighted by atomic mass is 16.6. The molecule has 0 amide bonds. The monoisotopic (exact) mass is 213 g/mol. The fraction of sp³-hybridized carbons (Fsp3) is 0.846. The van der Waals surface area contributed by atoms with E-state index in [0.717, 1.165) is 25.1 Å². The predicted octanol–water partition coefficient (Wildman–Crippen LogP) is 3.89. The van der Waals surface area contributed by atoms with Gasteiger partial charge in [-0.25, -0.2) is 0 Å². The Morgan fingerprint density at radius 1 is 1.27 bits per heavy atom. The SMILES string of the molecule is C=C(ONCCC)[C@@H](CC)[C@@H](C)CCC. The molecular formula is C13H27NO. The molecule has 0 fully saturated rings. The lowest BCUT2D eigenvalue weighted by Crippen LogP contribution is -2.21. The zero-order valence-electron chi connectivity index (χ0n) is 10.8. The van der Waals surface area contributed by atoms with E-state index in [1.165, 1.54) is 12.8 Å². The minimum Gasteiger partial charge on any atom is -0.414 e. The van der Waals surface area contributed by atoms with Crippen molar-refractivity contribution in [1.29, 1.82) is 0 Å². The lowest BCUT2D eigenvalue weighted by atomic mass is 9.87. The van der Waals surface area contributed by atoms with Gasteiger partial charge in [0, 0.05) is 12.5 Å². The molecule has 0 aliphatic carbocycles. The van der Waals surface area contributed by atoms with Gasteiger partial charge in [-0.05, 0) is 18.8 Å². The van der Waals surface area contributed by atoms with Crippen LogP contribution in [0, 0.1) is 11.8 Å². The van der Waals surface area contributed by atoms with E-state index in [0.29, 0.717) is 11.8 Å².